The molecule has 0 heterocycles. The van der Waals surface area contributed by atoms with Gasteiger partial charge in [-0.25, -0.2) is 4.85 Å². The molecule has 0 aliphatic rings. The first kappa shape index (κ1) is 75.2. The van der Waals surface area contributed by atoms with Gasteiger partial charge < -0.3 is 34.0 Å². The number of aldehydes is 1. The van der Waals surface area contributed by atoms with Crippen LogP contribution < -0.4 is 14.7 Å². The van der Waals surface area contributed by atoms with Gasteiger partial charge in [-0.05, 0) is 214 Å². The minimum absolute atomic E-state index is 0.0632. The van der Waals surface area contributed by atoms with Gasteiger partial charge in [0, 0.05) is 74.2 Å². The summed E-state index contributed by atoms with van der Waals surface area (Å²) in [4.78, 5) is 21.3. The van der Waals surface area contributed by atoms with E-state index in [0.717, 1.165) is 68.6 Å². The highest BCUT2D eigenvalue weighted by atomic mass is 31.2. The summed E-state index contributed by atoms with van der Waals surface area (Å²) in [7, 11) is -7.19. The largest absolute Gasteiger partial charge is 0.462 e. The Morgan fingerprint density at radius 3 is 1.05 bits per heavy atom. The molecular weight excluding hydrogens is 1330 g/mol. The number of carbonyl (C=O) groups is 1. The Hall–Kier alpha value is -13.0. The number of aliphatic hydroxyl groups is 2. The van der Waals surface area contributed by atoms with Crippen LogP contribution in [0.15, 0.2) is 261 Å². The predicted octanol–water partition coefficient (Wildman–Crippen LogP) is 22.9. The minimum Gasteiger partial charge on any atom is -0.462 e. The second-order valence-electron chi connectivity index (χ2n) is 23.6. The highest BCUT2D eigenvalue weighted by Gasteiger charge is 2.28. The molecule has 0 amide bonds. The third-order valence-corrected chi connectivity index (χ3v) is 20.0. The average Bonchev–Trinajstić information content (AvgIpc) is 0.833. The van der Waals surface area contributed by atoms with E-state index in [4.69, 9.17) is 25.8 Å². The van der Waals surface area contributed by atoms with E-state index < -0.39 is 14.7 Å². The molecule has 0 aromatic heterocycles. The van der Waals surface area contributed by atoms with Crippen molar-refractivity contribution in [3.05, 3.63) is 345 Å². The lowest BCUT2D eigenvalue weighted by Crippen LogP contribution is -2.09. The van der Waals surface area contributed by atoms with Gasteiger partial charge in [0.2, 0.25) is 7.14 Å². The van der Waals surface area contributed by atoms with E-state index in [9.17, 15) is 29.7 Å². The third kappa shape index (κ3) is 20.2. The van der Waals surface area contributed by atoms with Gasteiger partial charge in [-0.15, -0.1) is 0 Å². The van der Waals surface area contributed by atoms with E-state index in [1.807, 2.05) is 127 Å². The number of rotatable bonds is 22. The maximum atomic E-state index is 12.8. The number of aryl methyl sites for hydroxylation is 3. The molecule has 0 atom stereocenters. The van der Waals surface area contributed by atoms with E-state index in [2.05, 4.69) is 204 Å². The average molecular weight is 1400 g/mol. The number of nitrogens with zero attached hydrogens (tertiary/aromatic N) is 7. The number of hydrogen-bond donors (Lipinski definition) is 2. The monoisotopic (exact) mass is 1400 g/mol. The number of carbonyl (C=O) groups excluding carboxylic acids is 1. The van der Waals surface area contributed by atoms with Gasteiger partial charge in [-0.3, -0.25) is 13.9 Å². The van der Waals surface area contributed by atoms with Gasteiger partial charge >= 0.3 is 7.60 Å². The fourth-order valence-corrected chi connectivity index (χ4v) is 14.2. The zero-order valence-electron chi connectivity index (χ0n) is 58.0. The molecule has 16 heteroatoms. The van der Waals surface area contributed by atoms with E-state index in [-0.39, 0.29) is 47.8 Å². The topological polar surface area (TPSA) is 196 Å². The molecule has 0 aliphatic carbocycles. The first-order valence-electron chi connectivity index (χ1n) is 33.2. The number of para-hydroxylation sites is 3. The zero-order valence-corrected chi connectivity index (χ0v) is 59.8. The lowest BCUT2D eigenvalue weighted by molar-refractivity contribution is 0.112. The molecular formula is C88H73N7O7P2. The fourth-order valence-electron chi connectivity index (χ4n) is 11.2. The first-order valence-corrected chi connectivity index (χ1v) is 36.8. The Balaban J connectivity index is 0.000000208. The SMILES string of the molecule is CCOP(=O)(Cc1cc(C#N)c(CP(=O)(C#CO)C#CO)cc1C#N)OCC.Cc1ccc(N(c2ccccc2)c2ccc(C=O)cc2)cc1.[C-]#[N+]c1cc(C=Cc2ccc(N(c3ccccc3)c3ccc(C)cc3)cc2)c(C#N)cc1C=Cc1ccc(N(c2ccccc2)c2ccc(C)cc2)cc1. The Morgan fingerprint density at radius 2 is 0.731 bits per heavy atom. The molecule has 11 rings (SSSR count). The van der Waals surface area contributed by atoms with Crippen LogP contribution in [0.3, 0.4) is 0 Å². The summed E-state index contributed by atoms with van der Waals surface area (Å²) in [6, 6.07) is 93.1. The van der Waals surface area contributed by atoms with Gasteiger partial charge in [-0.2, -0.15) is 15.8 Å². The molecule has 2 N–H and O–H groups in total. The highest BCUT2D eigenvalue weighted by Crippen LogP contribution is 2.53. The Labute approximate surface area is 608 Å². The van der Waals surface area contributed by atoms with E-state index in [1.165, 1.54) is 41.0 Å². The standard InChI is InChI=1S/C50H38N4.C20H17NO.C18H18N2O6P2/c1-37-14-26-46(27-15-37)53(44-10-6-4-7-11-44)48-30-20-39(21-31-48)18-24-41-35-50(52-3)42(34-43(41)36-51)25-19-40-22-32-49(33-23-40)54(45-12-8-5-9-13-45)47-28-16-38(2)17-29-47;1-16-7-11-19(12-8-16)21(18-5-3-2-4-6-18)20-13-9-17(15-22)10-14-20;1-3-25-28(24,26-4-2)14-18-10-15(11-19)17(9-16(18)12-20)13-27(23,7-5-21)8-6-22/h4-35H,1-2H3;2-15H,1H3;9-10,21-22H,3-4,13-14H2,1-2H3. The van der Waals surface area contributed by atoms with Gasteiger partial charge in [0.25, 0.3) is 0 Å². The van der Waals surface area contributed by atoms with E-state index in [0.29, 0.717) is 27.9 Å². The molecule has 11 aromatic carbocycles. The predicted molar refractivity (Wildman–Crippen MR) is 419 cm³/mol. The van der Waals surface area contributed by atoms with Gasteiger partial charge in [0.1, 0.15) is 18.5 Å². The summed E-state index contributed by atoms with van der Waals surface area (Å²) < 4.78 is 35.8. The van der Waals surface area contributed by atoms with Crippen LogP contribution in [0, 0.1) is 84.9 Å². The first-order chi connectivity index (χ1) is 50.6. The molecule has 512 valence electrons. The van der Waals surface area contributed by atoms with Crippen molar-refractivity contribution in [2.45, 2.75) is 46.9 Å². The maximum Gasteiger partial charge on any atom is 0.335 e. The van der Waals surface area contributed by atoms with E-state index >= 15 is 0 Å². The van der Waals surface area contributed by atoms with Crippen LogP contribution in [0.1, 0.15) is 91.0 Å². The summed E-state index contributed by atoms with van der Waals surface area (Å²) >= 11 is 0. The molecule has 0 aliphatic heterocycles. The number of aliphatic hydroxyl groups excluding tert-OH is 2. The number of benzene rings is 11. The van der Waals surface area contributed by atoms with Crippen molar-refractivity contribution in [1.29, 1.82) is 15.8 Å². The quantitative estimate of drug-likeness (QED) is 0.0214. The van der Waals surface area contributed by atoms with Crippen LogP contribution in [-0.4, -0.2) is 29.7 Å². The summed E-state index contributed by atoms with van der Waals surface area (Å²) in [5.41, 5.74) is 23.0. The van der Waals surface area contributed by atoms with Gasteiger partial charge in [0.15, 0.2) is 5.69 Å². The fraction of sp³-hybridized carbons (Fsp3) is 0.102. The third-order valence-electron chi connectivity index (χ3n) is 16.3. The van der Waals surface area contributed by atoms with Crippen molar-refractivity contribution in [3.63, 3.8) is 0 Å². The normalized spacial score (nSPS) is 10.7. The molecule has 0 fully saturated rings. The van der Waals surface area contributed by atoms with Crippen LogP contribution in [0.5, 0.6) is 0 Å². The molecule has 0 saturated heterocycles. The Kier molecular flexibility index (Phi) is 26.7. The summed E-state index contributed by atoms with van der Waals surface area (Å²) in [6.07, 6.45) is 11.1. The van der Waals surface area contributed by atoms with Crippen LogP contribution in [0.25, 0.3) is 29.1 Å². The summed E-state index contributed by atoms with van der Waals surface area (Å²) in [5, 5.41) is 46.5. The molecule has 0 spiro atoms. The van der Waals surface area contributed by atoms with Crippen LogP contribution >= 0.6 is 14.7 Å². The van der Waals surface area contributed by atoms with Crippen molar-refractivity contribution in [2.24, 2.45) is 0 Å². The smallest absolute Gasteiger partial charge is 0.335 e. The molecule has 11 aromatic rings. The second-order valence-corrected chi connectivity index (χ2v) is 27.9. The molecule has 0 unspecified atom stereocenters. The van der Waals surface area contributed by atoms with Crippen molar-refractivity contribution >= 4 is 102 Å². The number of anilines is 9. The van der Waals surface area contributed by atoms with Crippen LogP contribution in [0.2, 0.25) is 0 Å². The highest BCUT2D eigenvalue weighted by molar-refractivity contribution is 7.73. The van der Waals surface area contributed by atoms with Crippen molar-refractivity contribution in [1.82, 2.24) is 0 Å². The van der Waals surface area contributed by atoms with E-state index in [1.54, 1.807) is 26.0 Å². The van der Waals surface area contributed by atoms with Gasteiger partial charge in [-0.1, -0.05) is 156 Å². The Bertz CT molecular complexity index is 5020. The lowest BCUT2D eigenvalue weighted by Gasteiger charge is -2.25. The number of nitriles is 3. The lowest BCUT2D eigenvalue weighted by atomic mass is 10.0. The number of hydrogen-bond acceptors (Lipinski definition) is 13. The van der Waals surface area contributed by atoms with Gasteiger partial charge in [0.05, 0.1) is 60.8 Å². The molecule has 0 radical (unpaired) electrons. The van der Waals surface area contributed by atoms with Crippen molar-refractivity contribution in [3.8, 4) is 41.7 Å². The van der Waals surface area contributed by atoms with Crippen molar-refractivity contribution in [2.75, 3.05) is 27.9 Å². The second kappa shape index (κ2) is 36.9. The molecule has 14 nitrogen and oxygen atoms in total. The van der Waals surface area contributed by atoms with Crippen molar-refractivity contribution < 1.29 is 33.2 Å². The maximum absolute atomic E-state index is 12.8. The molecule has 104 heavy (non-hydrogen) atoms. The Morgan fingerprint density at radius 1 is 0.413 bits per heavy atom. The minimum atomic E-state index is -3.68. The van der Waals surface area contributed by atoms with Crippen LogP contribution in [0.4, 0.5) is 56.9 Å². The summed E-state index contributed by atoms with van der Waals surface area (Å²) in [6.45, 7) is 17.8. The summed E-state index contributed by atoms with van der Waals surface area (Å²) in [5.74, 6) is 0. The molecule has 0 bridgehead atoms. The zero-order chi connectivity index (χ0) is 73.9. The van der Waals surface area contributed by atoms with Crippen LogP contribution in [-0.2, 0) is 30.5 Å². The molecule has 0 saturated carbocycles.